The highest BCUT2D eigenvalue weighted by Gasteiger charge is 2.59. The number of hydrogen-bond donors (Lipinski definition) is 0. The smallest absolute Gasteiger partial charge is 0.268 e. The Bertz CT molecular complexity index is 1230. The summed E-state index contributed by atoms with van der Waals surface area (Å²) in [5.41, 5.74) is 3.40. The van der Waals surface area contributed by atoms with Gasteiger partial charge in [0.05, 0.1) is 12.2 Å². The summed E-state index contributed by atoms with van der Waals surface area (Å²) in [4.78, 5) is 29.6. The molecular weight excluding hydrogens is 447 g/mol. The maximum Gasteiger partial charge on any atom is 0.268 e. The number of rotatable bonds is 3. The maximum absolute atomic E-state index is 14.4. The van der Waals surface area contributed by atoms with Crippen molar-refractivity contribution in [3.63, 3.8) is 0 Å². The van der Waals surface area contributed by atoms with E-state index in [1.54, 1.807) is 52.3 Å². The van der Waals surface area contributed by atoms with Crippen molar-refractivity contribution in [1.82, 2.24) is 4.90 Å². The van der Waals surface area contributed by atoms with Crippen molar-refractivity contribution in [2.45, 2.75) is 18.3 Å². The molecule has 1 saturated heterocycles. The summed E-state index contributed by atoms with van der Waals surface area (Å²) in [7, 11) is 0. The molecule has 0 radical (unpaired) electrons. The van der Waals surface area contributed by atoms with Crippen molar-refractivity contribution in [3.8, 4) is 0 Å². The molecule has 32 heavy (non-hydrogen) atoms. The average Bonchev–Trinajstić information content (AvgIpc) is 3.32. The Labute approximate surface area is 195 Å². The molecule has 2 aliphatic rings. The van der Waals surface area contributed by atoms with Gasteiger partial charge in [0.15, 0.2) is 4.87 Å². The van der Waals surface area contributed by atoms with Gasteiger partial charge in [-0.1, -0.05) is 47.5 Å². The van der Waals surface area contributed by atoms with Crippen LogP contribution in [-0.4, -0.2) is 29.0 Å². The van der Waals surface area contributed by atoms with Crippen LogP contribution >= 0.6 is 23.4 Å². The quantitative estimate of drug-likeness (QED) is 0.520. The third-order valence-electron chi connectivity index (χ3n) is 5.97. The van der Waals surface area contributed by atoms with Gasteiger partial charge in [-0.3, -0.25) is 9.59 Å². The molecule has 1 spiro atoms. The predicted octanol–water partition coefficient (Wildman–Crippen LogP) is 5.38. The molecule has 2 aliphatic heterocycles. The van der Waals surface area contributed by atoms with Crippen LogP contribution in [0.3, 0.4) is 0 Å². The van der Waals surface area contributed by atoms with Crippen LogP contribution < -0.4 is 4.90 Å². The van der Waals surface area contributed by atoms with E-state index in [-0.39, 0.29) is 24.2 Å². The van der Waals surface area contributed by atoms with Gasteiger partial charge in [-0.25, -0.2) is 4.39 Å². The number of aryl methyl sites for hydroxylation is 1. The van der Waals surface area contributed by atoms with E-state index in [2.05, 4.69) is 0 Å². The third-order valence-corrected chi connectivity index (χ3v) is 7.64. The molecule has 0 bridgehead atoms. The van der Waals surface area contributed by atoms with Crippen molar-refractivity contribution >= 4 is 40.9 Å². The first-order valence-electron chi connectivity index (χ1n) is 10.3. The molecule has 3 aromatic carbocycles. The zero-order chi connectivity index (χ0) is 22.5. The fourth-order valence-electron chi connectivity index (χ4n) is 4.43. The van der Waals surface area contributed by atoms with Gasteiger partial charge in [0.1, 0.15) is 5.82 Å². The number of benzene rings is 3. The molecule has 4 nitrogen and oxygen atoms in total. The second-order valence-corrected chi connectivity index (χ2v) is 9.68. The number of amides is 2. The van der Waals surface area contributed by atoms with Crippen LogP contribution in [0.15, 0.2) is 66.7 Å². The number of halogens is 2. The summed E-state index contributed by atoms with van der Waals surface area (Å²) in [6.07, 6.45) is 0. The van der Waals surface area contributed by atoms with Crippen LogP contribution in [-0.2, 0) is 16.2 Å². The monoisotopic (exact) mass is 466 g/mol. The minimum atomic E-state index is -1.16. The van der Waals surface area contributed by atoms with Crippen LogP contribution in [0.1, 0.15) is 27.0 Å². The van der Waals surface area contributed by atoms with E-state index in [0.717, 1.165) is 11.1 Å². The summed E-state index contributed by atoms with van der Waals surface area (Å²) in [6, 6.07) is 18.9. The molecule has 1 atom stereocenters. The standard InChI is InChI=1S/C25H20ClFN2O2S/c1-16-6-11-22-20(14-16)25(24(31)28(22)15-18-4-2-3-5-21(18)27)29(12-13-32-25)23(30)17-7-9-19(26)10-8-17/h2-11,14H,12-13,15H2,1H3. The van der Waals surface area contributed by atoms with Gasteiger partial charge in [0.2, 0.25) is 0 Å². The summed E-state index contributed by atoms with van der Waals surface area (Å²) < 4.78 is 14.4. The Morgan fingerprint density at radius 1 is 1.12 bits per heavy atom. The summed E-state index contributed by atoms with van der Waals surface area (Å²) in [5, 5.41) is 0.543. The molecule has 162 valence electrons. The first-order chi connectivity index (χ1) is 15.4. The van der Waals surface area contributed by atoms with Crippen LogP contribution in [0.2, 0.25) is 5.02 Å². The number of carbonyl (C=O) groups excluding carboxylic acids is 2. The zero-order valence-corrected chi connectivity index (χ0v) is 18.9. The van der Waals surface area contributed by atoms with Crippen LogP contribution in [0.5, 0.6) is 0 Å². The molecule has 5 rings (SSSR count). The summed E-state index contributed by atoms with van der Waals surface area (Å²) in [6.45, 7) is 2.51. The molecule has 2 heterocycles. The van der Waals surface area contributed by atoms with Gasteiger partial charge in [-0.2, -0.15) is 0 Å². The van der Waals surface area contributed by atoms with Crippen LogP contribution in [0.4, 0.5) is 10.1 Å². The topological polar surface area (TPSA) is 40.6 Å². The van der Waals surface area contributed by atoms with Crippen molar-refractivity contribution in [1.29, 1.82) is 0 Å². The lowest BCUT2D eigenvalue weighted by Crippen LogP contribution is -2.50. The molecule has 0 N–H and O–H groups in total. The predicted molar refractivity (Wildman–Crippen MR) is 125 cm³/mol. The van der Waals surface area contributed by atoms with Gasteiger partial charge in [-0.05, 0) is 43.3 Å². The van der Waals surface area contributed by atoms with E-state index < -0.39 is 4.87 Å². The molecular formula is C25H20ClFN2O2S. The van der Waals surface area contributed by atoms with Crippen molar-refractivity contribution in [2.75, 3.05) is 17.2 Å². The molecule has 0 saturated carbocycles. The molecule has 2 amide bonds. The fraction of sp³-hybridized carbons (Fsp3) is 0.200. The Hall–Kier alpha value is -2.83. The number of hydrogen-bond acceptors (Lipinski definition) is 3. The molecule has 0 aliphatic carbocycles. The summed E-state index contributed by atoms with van der Waals surface area (Å²) >= 11 is 7.45. The van der Waals surface area contributed by atoms with Gasteiger partial charge in [0.25, 0.3) is 11.8 Å². The average molecular weight is 467 g/mol. The van der Waals surface area contributed by atoms with E-state index in [4.69, 9.17) is 11.6 Å². The van der Waals surface area contributed by atoms with Gasteiger partial charge >= 0.3 is 0 Å². The minimum Gasteiger partial charge on any atom is -0.311 e. The zero-order valence-electron chi connectivity index (χ0n) is 17.3. The lowest BCUT2D eigenvalue weighted by molar-refractivity contribution is -0.123. The van der Waals surface area contributed by atoms with Gasteiger partial charge in [0, 0.05) is 34.0 Å². The molecule has 1 unspecified atom stereocenters. The Balaban J connectivity index is 1.60. The first kappa shape index (κ1) is 21.0. The summed E-state index contributed by atoms with van der Waals surface area (Å²) in [5.74, 6) is -0.166. The van der Waals surface area contributed by atoms with Gasteiger partial charge in [-0.15, -0.1) is 11.8 Å². The van der Waals surface area contributed by atoms with E-state index in [0.29, 0.717) is 34.1 Å². The largest absolute Gasteiger partial charge is 0.311 e. The number of anilines is 1. The first-order valence-corrected chi connectivity index (χ1v) is 11.7. The van der Waals surface area contributed by atoms with E-state index in [9.17, 15) is 14.0 Å². The van der Waals surface area contributed by atoms with E-state index in [1.807, 2.05) is 25.1 Å². The molecule has 3 aromatic rings. The highest BCUT2D eigenvalue weighted by atomic mass is 35.5. The van der Waals surface area contributed by atoms with E-state index in [1.165, 1.54) is 17.8 Å². The van der Waals surface area contributed by atoms with Crippen LogP contribution in [0, 0.1) is 12.7 Å². The number of carbonyl (C=O) groups is 2. The van der Waals surface area contributed by atoms with Crippen molar-refractivity contribution in [3.05, 3.63) is 99.8 Å². The van der Waals surface area contributed by atoms with Crippen molar-refractivity contribution in [2.24, 2.45) is 0 Å². The Morgan fingerprint density at radius 3 is 2.62 bits per heavy atom. The number of thioether (sulfide) groups is 1. The highest BCUT2D eigenvalue weighted by Crippen LogP contribution is 2.55. The van der Waals surface area contributed by atoms with E-state index >= 15 is 0 Å². The second-order valence-electron chi connectivity index (χ2n) is 7.96. The third kappa shape index (κ3) is 3.21. The maximum atomic E-state index is 14.4. The highest BCUT2D eigenvalue weighted by molar-refractivity contribution is 8.01. The van der Waals surface area contributed by atoms with Crippen LogP contribution in [0.25, 0.3) is 0 Å². The molecule has 1 fully saturated rings. The Morgan fingerprint density at radius 2 is 1.88 bits per heavy atom. The Kier molecular flexibility index (Phi) is 5.22. The van der Waals surface area contributed by atoms with Crippen molar-refractivity contribution < 1.29 is 14.0 Å². The lowest BCUT2D eigenvalue weighted by Gasteiger charge is -2.33. The number of fused-ring (bicyclic) bond motifs is 2. The molecule has 0 aromatic heterocycles. The second kappa shape index (κ2) is 7.94. The SMILES string of the molecule is Cc1ccc2c(c1)C1(SCCN1C(=O)c1ccc(Cl)cc1)C(=O)N2Cc1ccccc1F. The fourth-order valence-corrected chi connectivity index (χ4v) is 6.01. The number of nitrogens with zero attached hydrogens (tertiary/aromatic N) is 2. The minimum absolute atomic E-state index is 0.104. The lowest BCUT2D eigenvalue weighted by atomic mass is 10.0. The molecule has 7 heteroatoms. The normalized spacial score (nSPS) is 19.7. The van der Waals surface area contributed by atoms with Gasteiger partial charge < -0.3 is 9.80 Å².